The fourth-order valence-corrected chi connectivity index (χ4v) is 2.94. The molecule has 0 aliphatic carbocycles. The molecule has 0 radical (unpaired) electrons. The van der Waals surface area contributed by atoms with E-state index in [0.717, 1.165) is 0 Å². The van der Waals surface area contributed by atoms with Crippen molar-refractivity contribution in [3.63, 3.8) is 0 Å². The third kappa shape index (κ3) is 2.95. The molecule has 1 saturated heterocycles. The third-order valence-corrected chi connectivity index (χ3v) is 3.99. The average molecular weight is 297 g/mol. The molecule has 0 bridgehead atoms. The first-order valence-electron chi connectivity index (χ1n) is 6.35. The van der Waals surface area contributed by atoms with Crippen LogP contribution in [-0.2, 0) is 10.5 Å². The number of amides is 1. The number of nitrogens with zero attached hydrogens (tertiary/aromatic N) is 1. The van der Waals surface area contributed by atoms with E-state index in [9.17, 15) is 14.0 Å². The van der Waals surface area contributed by atoms with Gasteiger partial charge in [0.2, 0.25) is 0 Å². The lowest BCUT2D eigenvalue weighted by Gasteiger charge is -2.21. The highest BCUT2D eigenvalue weighted by atomic mass is 32.2. The average Bonchev–Trinajstić information content (AvgIpc) is 2.90. The van der Waals surface area contributed by atoms with Crippen LogP contribution >= 0.6 is 11.8 Å². The molecule has 2 rings (SSSR count). The van der Waals surface area contributed by atoms with E-state index in [1.807, 2.05) is 6.26 Å². The number of halogens is 1. The summed E-state index contributed by atoms with van der Waals surface area (Å²) in [5.41, 5.74) is 0.818. The molecule has 1 heterocycles. The minimum Gasteiger partial charge on any atom is -0.480 e. The highest BCUT2D eigenvalue weighted by Crippen LogP contribution is 2.22. The summed E-state index contributed by atoms with van der Waals surface area (Å²) in [6.07, 6.45) is 3.01. The Labute approximate surface area is 121 Å². The largest absolute Gasteiger partial charge is 0.480 e. The summed E-state index contributed by atoms with van der Waals surface area (Å²) in [6, 6.07) is 3.44. The quantitative estimate of drug-likeness (QED) is 0.927. The van der Waals surface area contributed by atoms with Gasteiger partial charge in [-0.1, -0.05) is 0 Å². The van der Waals surface area contributed by atoms with Gasteiger partial charge in [-0.15, -0.1) is 0 Å². The van der Waals surface area contributed by atoms with E-state index in [2.05, 4.69) is 0 Å². The van der Waals surface area contributed by atoms with Crippen molar-refractivity contribution in [2.45, 2.75) is 24.6 Å². The molecule has 4 nitrogen and oxygen atoms in total. The first-order chi connectivity index (χ1) is 9.54. The van der Waals surface area contributed by atoms with Crippen LogP contribution in [0.2, 0.25) is 0 Å². The van der Waals surface area contributed by atoms with Crippen molar-refractivity contribution in [3.05, 3.63) is 35.1 Å². The zero-order valence-corrected chi connectivity index (χ0v) is 12.0. The summed E-state index contributed by atoms with van der Waals surface area (Å²) >= 11 is 1.47. The molecule has 1 aromatic carbocycles. The maximum atomic E-state index is 13.6. The molecule has 1 N–H and O–H groups in total. The van der Waals surface area contributed by atoms with E-state index < -0.39 is 12.0 Å². The Balaban J connectivity index is 2.24. The fraction of sp³-hybridized carbons (Fsp3) is 0.429. The molecular formula is C14H16FNO3S. The smallest absolute Gasteiger partial charge is 0.326 e. The van der Waals surface area contributed by atoms with Gasteiger partial charge in [-0.05, 0) is 42.9 Å². The van der Waals surface area contributed by atoms with Gasteiger partial charge in [-0.3, -0.25) is 4.79 Å². The van der Waals surface area contributed by atoms with Gasteiger partial charge in [0.1, 0.15) is 11.9 Å². The lowest BCUT2D eigenvalue weighted by Crippen LogP contribution is -2.40. The molecule has 1 aliphatic heterocycles. The number of rotatable bonds is 4. The van der Waals surface area contributed by atoms with Crippen molar-refractivity contribution in [2.75, 3.05) is 12.8 Å². The Bertz CT molecular complexity index is 535. The number of thioether (sulfide) groups is 1. The Kier molecular flexibility index (Phi) is 4.65. The summed E-state index contributed by atoms with van der Waals surface area (Å²) < 4.78 is 13.6. The van der Waals surface area contributed by atoms with Crippen molar-refractivity contribution in [2.24, 2.45) is 0 Å². The van der Waals surface area contributed by atoms with Crippen LogP contribution < -0.4 is 0 Å². The van der Waals surface area contributed by atoms with Crippen molar-refractivity contribution in [1.29, 1.82) is 0 Å². The number of aliphatic carboxylic acids is 1. The van der Waals surface area contributed by atoms with Crippen LogP contribution in [-0.4, -0.2) is 40.7 Å². The minimum absolute atomic E-state index is 0.336. The van der Waals surface area contributed by atoms with Crippen LogP contribution in [0.25, 0.3) is 0 Å². The van der Waals surface area contributed by atoms with Crippen LogP contribution in [0.15, 0.2) is 18.2 Å². The van der Waals surface area contributed by atoms with E-state index in [4.69, 9.17) is 5.11 Å². The molecule has 0 aromatic heterocycles. The van der Waals surface area contributed by atoms with Crippen LogP contribution in [0.3, 0.4) is 0 Å². The Morgan fingerprint density at radius 1 is 1.50 bits per heavy atom. The second-order valence-electron chi connectivity index (χ2n) is 4.73. The van der Waals surface area contributed by atoms with Crippen LogP contribution in [0.1, 0.15) is 28.8 Å². The Morgan fingerprint density at radius 3 is 2.90 bits per heavy atom. The van der Waals surface area contributed by atoms with Crippen molar-refractivity contribution < 1.29 is 19.1 Å². The van der Waals surface area contributed by atoms with Crippen molar-refractivity contribution in [3.8, 4) is 0 Å². The monoisotopic (exact) mass is 297 g/mol. The molecule has 0 unspecified atom stereocenters. The summed E-state index contributed by atoms with van der Waals surface area (Å²) in [6.45, 7) is 0.436. The topological polar surface area (TPSA) is 57.6 Å². The second kappa shape index (κ2) is 6.26. The molecule has 1 atom stereocenters. The lowest BCUT2D eigenvalue weighted by atomic mass is 10.1. The summed E-state index contributed by atoms with van der Waals surface area (Å²) in [5, 5.41) is 9.11. The number of likely N-dealkylation sites (tertiary alicyclic amines) is 1. The maximum absolute atomic E-state index is 13.6. The first-order valence-corrected chi connectivity index (χ1v) is 7.75. The number of carbonyl (C=O) groups excluding carboxylic acids is 1. The highest BCUT2D eigenvalue weighted by molar-refractivity contribution is 7.97. The molecule has 1 amide bonds. The van der Waals surface area contributed by atoms with E-state index in [1.54, 1.807) is 0 Å². The molecule has 108 valence electrons. The lowest BCUT2D eigenvalue weighted by molar-refractivity contribution is -0.141. The van der Waals surface area contributed by atoms with Gasteiger partial charge in [0, 0.05) is 17.9 Å². The number of hydrogen-bond acceptors (Lipinski definition) is 3. The fourth-order valence-electron chi connectivity index (χ4n) is 2.41. The summed E-state index contributed by atoms with van der Waals surface area (Å²) in [7, 11) is 0. The van der Waals surface area contributed by atoms with Gasteiger partial charge in [-0.25, -0.2) is 9.18 Å². The van der Waals surface area contributed by atoms with Gasteiger partial charge in [0.25, 0.3) is 5.91 Å². The second-order valence-corrected chi connectivity index (χ2v) is 5.60. The van der Waals surface area contributed by atoms with Crippen molar-refractivity contribution >= 4 is 23.6 Å². The predicted octanol–water partition coefficient (Wildman–Crippen LogP) is 2.38. The van der Waals surface area contributed by atoms with E-state index >= 15 is 0 Å². The molecular weight excluding hydrogens is 281 g/mol. The number of carboxylic acids is 1. The number of hydrogen-bond donors (Lipinski definition) is 1. The molecule has 6 heteroatoms. The van der Waals surface area contributed by atoms with E-state index in [-0.39, 0.29) is 11.7 Å². The molecule has 1 fully saturated rings. The number of carbonyl (C=O) groups is 2. The molecule has 1 aromatic rings. The number of carboxylic acid groups (broad SMARTS) is 1. The van der Waals surface area contributed by atoms with Crippen LogP contribution in [0.4, 0.5) is 4.39 Å². The maximum Gasteiger partial charge on any atom is 0.326 e. The molecule has 0 saturated carbocycles. The van der Waals surface area contributed by atoms with Crippen LogP contribution in [0.5, 0.6) is 0 Å². The van der Waals surface area contributed by atoms with E-state index in [1.165, 1.54) is 34.9 Å². The van der Waals surface area contributed by atoms with Gasteiger partial charge in [0.05, 0.1) is 0 Å². The summed E-state index contributed by atoms with van der Waals surface area (Å²) in [5.74, 6) is -1.18. The SMILES string of the molecule is CSCc1cc(C(=O)N2CCC[C@@H]2C(=O)O)ccc1F. The highest BCUT2D eigenvalue weighted by Gasteiger charge is 2.34. The van der Waals surface area contributed by atoms with Gasteiger partial charge in [-0.2, -0.15) is 11.8 Å². The zero-order chi connectivity index (χ0) is 14.7. The Morgan fingerprint density at radius 2 is 2.25 bits per heavy atom. The van der Waals surface area contributed by atoms with Crippen LogP contribution in [0, 0.1) is 5.82 Å². The molecule has 20 heavy (non-hydrogen) atoms. The van der Waals surface area contributed by atoms with E-state index in [0.29, 0.717) is 36.3 Å². The third-order valence-electron chi connectivity index (χ3n) is 3.39. The van der Waals surface area contributed by atoms with Gasteiger partial charge >= 0.3 is 5.97 Å². The molecule has 0 spiro atoms. The van der Waals surface area contributed by atoms with Gasteiger partial charge < -0.3 is 10.0 Å². The van der Waals surface area contributed by atoms with Crippen molar-refractivity contribution in [1.82, 2.24) is 4.90 Å². The predicted molar refractivity (Wildman–Crippen MR) is 75.3 cm³/mol. The number of benzene rings is 1. The minimum atomic E-state index is -0.984. The first kappa shape index (κ1) is 14.8. The standard InChI is InChI=1S/C14H16FNO3S/c1-20-8-10-7-9(4-5-11(10)15)13(17)16-6-2-3-12(16)14(18)19/h4-5,7,12H,2-3,6,8H2,1H3,(H,18,19)/t12-/m1/s1. The van der Waals surface area contributed by atoms with Gasteiger partial charge in [0.15, 0.2) is 0 Å². The zero-order valence-electron chi connectivity index (χ0n) is 11.1. The summed E-state index contributed by atoms with van der Waals surface area (Å²) in [4.78, 5) is 24.8. The Hall–Kier alpha value is -1.56. The normalized spacial score (nSPS) is 18.3. The molecule has 1 aliphatic rings.